The highest BCUT2D eigenvalue weighted by molar-refractivity contribution is 6.07. The molecule has 4 aromatic rings. The van der Waals surface area contributed by atoms with E-state index in [0.29, 0.717) is 22.8 Å². The second-order valence-corrected chi connectivity index (χ2v) is 5.68. The molecule has 4 rings (SSSR count). The predicted octanol–water partition coefficient (Wildman–Crippen LogP) is 2.71. The van der Waals surface area contributed by atoms with E-state index < -0.39 is 0 Å². The van der Waals surface area contributed by atoms with Gasteiger partial charge in [0, 0.05) is 24.3 Å². The van der Waals surface area contributed by atoms with Crippen LogP contribution >= 0.6 is 0 Å². The first-order chi connectivity index (χ1) is 11.1. The van der Waals surface area contributed by atoms with Crippen LogP contribution in [-0.4, -0.2) is 19.1 Å². The van der Waals surface area contributed by atoms with Gasteiger partial charge in [0.05, 0.1) is 35.0 Å². The lowest BCUT2D eigenvalue weighted by Crippen LogP contribution is -2.20. The molecular weight excluding hydrogens is 295 g/mol. The largest absolute Gasteiger partial charge is 0.348 e. The van der Waals surface area contributed by atoms with Crippen LogP contribution in [0, 0.1) is 12.7 Å². The van der Waals surface area contributed by atoms with Crippen molar-refractivity contribution in [3.8, 4) is 0 Å². The van der Waals surface area contributed by atoms with Crippen LogP contribution in [-0.2, 0) is 13.6 Å². The third-order valence-corrected chi connectivity index (χ3v) is 4.35. The number of hydrogen-bond donors (Lipinski definition) is 1. The number of nitrogens with one attached hydrogen (secondary N) is 1. The molecule has 5 nitrogen and oxygen atoms in total. The number of rotatable bonds is 2. The lowest BCUT2D eigenvalue weighted by atomic mass is 10.2. The van der Waals surface area contributed by atoms with Gasteiger partial charge in [-0.2, -0.15) is 0 Å². The maximum Gasteiger partial charge on any atom is 0.260 e. The fourth-order valence-corrected chi connectivity index (χ4v) is 3.11. The van der Waals surface area contributed by atoms with Gasteiger partial charge in [0.25, 0.3) is 5.56 Å². The van der Waals surface area contributed by atoms with Gasteiger partial charge in [-0.3, -0.25) is 4.79 Å². The molecule has 3 aromatic heterocycles. The molecule has 0 aliphatic rings. The first-order valence-electron chi connectivity index (χ1n) is 7.33. The quantitative estimate of drug-likeness (QED) is 0.619. The molecule has 6 heteroatoms. The van der Waals surface area contributed by atoms with Crippen molar-refractivity contribution in [1.82, 2.24) is 19.1 Å². The van der Waals surface area contributed by atoms with Gasteiger partial charge in [0.1, 0.15) is 5.82 Å². The number of para-hydroxylation sites is 1. The minimum atomic E-state index is -0.324. The zero-order valence-electron chi connectivity index (χ0n) is 12.8. The summed E-state index contributed by atoms with van der Waals surface area (Å²) in [5.41, 5.74) is 2.79. The molecule has 0 saturated carbocycles. The average Bonchev–Trinajstić information content (AvgIpc) is 3.06. The van der Waals surface area contributed by atoms with Crippen molar-refractivity contribution in [1.29, 1.82) is 0 Å². The van der Waals surface area contributed by atoms with Gasteiger partial charge in [0.2, 0.25) is 0 Å². The normalized spacial score (nSPS) is 11.6. The Hall–Kier alpha value is -2.89. The molecule has 116 valence electrons. The zero-order chi connectivity index (χ0) is 16.1. The lowest BCUT2D eigenvalue weighted by Gasteiger charge is -2.05. The van der Waals surface area contributed by atoms with Crippen molar-refractivity contribution in [2.24, 2.45) is 7.05 Å². The molecule has 0 unspecified atom stereocenters. The Morgan fingerprint density at radius 2 is 2.13 bits per heavy atom. The molecule has 0 bridgehead atoms. The molecule has 0 saturated heterocycles. The molecule has 0 radical (unpaired) electrons. The van der Waals surface area contributed by atoms with E-state index in [2.05, 4.69) is 9.97 Å². The van der Waals surface area contributed by atoms with Crippen molar-refractivity contribution in [3.05, 3.63) is 64.3 Å². The summed E-state index contributed by atoms with van der Waals surface area (Å²) < 4.78 is 17.5. The molecule has 1 N–H and O–H groups in total. The Bertz CT molecular complexity index is 1100. The summed E-state index contributed by atoms with van der Waals surface area (Å²) in [5.74, 6) is -0.324. The highest BCUT2D eigenvalue weighted by atomic mass is 19.1. The van der Waals surface area contributed by atoms with Crippen molar-refractivity contribution < 1.29 is 4.39 Å². The van der Waals surface area contributed by atoms with E-state index in [-0.39, 0.29) is 11.4 Å². The van der Waals surface area contributed by atoms with E-state index in [1.165, 1.54) is 6.07 Å². The van der Waals surface area contributed by atoms with Crippen molar-refractivity contribution in [3.63, 3.8) is 0 Å². The maximum atomic E-state index is 14.1. The van der Waals surface area contributed by atoms with Crippen LogP contribution in [0.3, 0.4) is 0 Å². The van der Waals surface area contributed by atoms with Crippen molar-refractivity contribution in [2.75, 3.05) is 0 Å². The first kappa shape index (κ1) is 13.8. The molecule has 1 aromatic carbocycles. The molecule has 0 spiro atoms. The highest BCUT2D eigenvalue weighted by Crippen LogP contribution is 2.27. The number of aryl methyl sites for hydroxylation is 2. The van der Waals surface area contributed by atoms with E-state index >= 15 is 0 Å². The summed E-state index contributed by atoms with van der Waals surface area (Å²) in [6.45, 7) is 2.30. The third kappa shape index (κ3) is 1.91. The molecular formula is C17H15FN4O. The number of nitrogens with zero attached hydrogens (tertiary/aromatic N) is 3. The Labute approximate surface area is 131 Å². The summed E-state index contributed by atoms with van der Waals surface area (Å²) in [5, 5.41) is 1.18. The monoisotopic (exact) mass is 310 g/mol. The van der Waals surface area contributed by atoms with Crippen LogP contribution in [0.4, 0.5) is 4.39 Å². The Morgan fingerprint density at radius 3 is 2.87 bits per heavy atom. The first-order valence-corrected chi connectivity index (χ1v) is 7.33. The van der Waals surface area contributed by atoms with Crippen LogP contribution in [0.15, 0.2) is 41.6 Å². The van der Waals surface area contributed by atoms with E-state index in [0.717, 1.165) is 16.9 Å². The fourth-order valence-electron chi connectivity index (χ4n) is 3.11. The Morgan fingerprint density at radius 1 is 1.30 bits per heavy atom. The number of aromatic amines is 1. The third-order valence-electron chi connectivity index (χ3n) is 4.35. The van der Waals surface area contributed by atoms with Gasteiger partial charge in [-0.1, -0.05) is 12.1 Å². The molecule has 0 fully saturated rings. The van der Waals surface area contributed by atoms with Crippen LogP contribution in [0.5, 0.6) is 0 Å². The molecule has 0 aliphatic carbocycles. The summed E-state index contributed by atoms with van der Waals surface area (Å²) in [7, 11) is 1.77. The zero-order valence-corrected chi connectivity index (χ0v) is 12.8. The standard InChI is InChI=1S/C17H15FN4O/c1-10-13(20-9-19-10)8-22-7-6-14-15(17(22)23)11-4-3-5-12(18)16(11)21(14)2/h3-7,9H,8H2,1-2H3,(H,19,20). The summed E-state index contributed by atoms with van der Waals surface area (Å²) in [4.78, 5) is 20.1. The number of fused-ring (bicyclic) bond motifs is 3. The van der Waals surface area contributed by atoms with Crippen LogP contribution in [0.2, 0.25) is 0 Å². The topological polar surface area (TPSA) is 55.6 Å². The van der Waals surface area contributed by atoms with Gasteiger partial charge in [-0.15, -0.1) is 0 Å². The number of halogens is 1. The van der Waals surface area contributed by atoms with Gasteiger partial charge in [-0.25, -0.2) is 9.37 Å². The van der Waals surface area contributed by atoms with Gasteiger partial charge >= 0.3 is 0 Å². The second-order valence-electron chi connectivity index (χ2n) is 5.68. The molecule has 0 aliphatic heterocycles. The summed E-state index contributed by atoms with van der Waals surface area (Å²) >= 11 is 0. The number of benzene rings is 1. The van der Waals surface area contributed by atoms with E-state index in [1.54, 1.807) is 40.8 Å². The molecule has 0 atom stereocenters. The van der Waals surface area contributed by atoms with E-state index in [4.69, 9.17) is 0 Å². The lowest BCUT2D eigenvalue weighted by molar-refractivity contribution is 0.633. The summed E-state index contributed by atoms with van der Waals surface area (Å²) in [6, 6.07) is 6.67. The van der Waals surface area contributed by atoms with Crippen LogP contribution < -0.4 is 5.56 Å². The van der Waals surface area contributed by atoms with Crippen molar-refractivity contribution >= 4 is 21.8 Å². The maximum absolute atomic E-state index is 14.1. The number of pyridine rings is 1. The highest BCUT2D eigenvalue weighted by Gasteiger charge is 2.16. The second kappa shape index (κ2) is 4.81. The molecule has 23 heavy (non-hydrogen) atoms. The Kier molecular flexibility index (Phi) is 2.87. The molecule has 0 amide bonds. The average molecular weight is 310 g/mol. The number of hydrogen-bond acceptors (Lipinski definition) is 2. The minimum absolute atomic E-state index is 0.138. The number of imidazole rings is 1. The number of H-pyrrole nitrogens is 1. The van der Waals surface area contributed by atoms with E-state index in [1.807, 2.05) is 13.0 Å². The van der Waals surface area contributed by atoms with E-state index in [9.17, 15) is 9.18 Å². The fraction of sp³-hybridized carbons (Fsp3) is 0.176. The SMILES string of the molecule is Cc1[nH]cnc1Cn1ccc2c(c1=O)c1cccc(F)c1n2C. The number of aromatic nitrogens is 4. The smallest absolute Gasteiger partial charge is 0.260 e. The van der Waals surface area contributed by atoms with Crippen LogP contribution in [0.1, 0.15) is 11.4 Å². The van der Waals surface area contributed by atoms with Gasteiger partial charge < -0.3 is 14.1 Å². The predicted molar refractivity (Wildman–Crippen MR) is 87.1 cm³/mol. The summed E-state index contributed by atoms with van der Waals surface area (Å²) in [6.07, 6.45) is 3.34. The molecule has 3 heterocycles. The minimum Gasteiger partial charge on any atom is -0.348 e. The van der Waals surface area contributed by atoms with Gasteiger partial charge in [0.15, 0.2) is 0 Å². The van der Waals surface area contributed by atoms with Crippen LogP contribution in [0.25, 0.3) is 21.8 Å². The Balaban J connectivity index is 2.02. The van der Waals surface area contributed by atoms with Crippen molar-refractivity contribution in [2.45, 2.75) is 13.5 Å². The van der Waals surface area contributed by atoms with Gasteiger partial charge in [-0.05, 0) is 19.1 Å².